The van der Waals surface area contributed by atoms with E-state index < -0.39 is 0 Å². The molecule has 2 rings (SSSR count). The van der Waals surface area contributed by atoms with Crippen molar-refractivity contribution >= 4 is 0 Å². The highest BCUT2D eigenvalue weighted by molar-refractivity contribution is 4.98. The molecule has 1 saturated carbocycles. The molecule has 0 bridgehead atoms. The molecule has 0 aromatic rings. The fourth-order valence-corrected chi connectivity index (χ4v) is 1.47. The van der Waals surface area contributed by atoms with Crippen LogP contribution in [0.5, 0.6) is 0 Å². The Bertz CT molecular complexity index is 141. The molecule has 92 valence electrons. The molecular formula is C12H28N2O. The third kappa shape index (κ3) is 7.77. The average Bonchev–Trinajstić information content (AvgIpc) is 2.78. The Hall–Kier alpha value is -0.120. The first-order valence-electron chi connectivity index (χ1n) is 6.13. The van der Waals surface area contributed by atoms with Gasteiger partial charge in [0.05, 0.1) is 6.61 Å². The highest BCUT2D eigenvalue weighted by atomic mass is 16.5. The molecule has 0 spiro atoms. The standard InChI is InChI=1S/C5H11NO.C5H11N.C2H6/c1-7-4-5(6)2-3-5;1-6-4-2-3-5-6;1-2/h2-4,6H2,1H3;2-5H2,1H3;1-2H3. The van der Waals surface area contributed by atoms with E-state index in [2.05, 4.69) is 11.9 Å². The zero-order valence-electron chi connectivity index (χ0n) is 10.9. The number of likely N-dealkylation sites (tertiary alicyclic amines) is 1. The maximum Gasteiger partial charge on any atom is 0.0642 e. The summed E-state index contributed by atoms with van der Waals surface area (Å²) in [6, 6.07) is 0. The van der Waals surface area contributed by atoms with Crippen LogP contribution in [-0.2, 0) is 4.74 Å². The highest BCUT2D eigenvalue weighted by Crippen LogP contribution is 2.31. The van der Waals surface area contributed by atoms with Gasteiger partial charge in [0.1, 0.15) is 0 Å². The van der Waals surface area contributed by atoms with Gasteiger partial charge in [-0.3, -0.25) is 0 Å². The molecule has 0 atom stereocenters. The van der Waals surface area contributed by atoms with Crippen molar-refractivity contribution in [1.29, 1.82) is 0 Å². The third-order valence-corrected chi connectivity index (χ3v) is 2.65. The summed E-state index contributed by atoms with van der Waals surface area (Å²) in [7, 11) is 3.86. The van der Waals surface area contributed by atoms with E-state index in [-0.39, 0.29) is 5.54 Å². The quantitative estimate of drug-likeness (QED) is 0.766. The van der Waals surface area contributed by atoms with E-state index in [1.165, 1.54) is 25.9 Å². The van der Waals surface area contributed by atoms with Crippen molar-refractivity contribution < 1.29 is 4.74 Å². The van der Waals surface area contributed by atoms with Gasteiger partial charge in [-0.25, -0.2) is 0 Å². The van der Waals surface area contributed by atoms with Gasteiger partial charge in [-0.2, -0.15) is 0 Å². The molecule has 15 heavy (non-hydrogen) atoms. The first-order chi connectivity index (χ1) is 7.16. The van der Waals surface area contributed by atoms with Crippen molar-refractivity contribution in [2.24, 2.45) is 5.73 Å². The van der Waals surface area contributed by atoms with Gasteiger partial charge in [0, 0.05) is 12.6 Å². The monoisotopic (exact) mass is 216 g/mol. The van der Waals surface area contributed by atoms with Crippen molar-refractivity contribution in [1.82, 2.24) is 4.90 Å². The van der Waals surface area contributed by atoms with Gasteiger partial charge in [-0.1, -0.05) is 13.8 Å². The average molecular weight is 216 g/mol. The van der Waals surface area contributed by atoms with Crippen molar-refractivity contribution in [2.45, 2.75) is 45.1 Å². The Morgan fingerprint density at radius 1 is 1.20 bits per heavy atom. The minimum Gasteiger partial charge on any atom is -0.383 e. The lowest BCUT2D eigenvalue weighted by Gasteiger charge is -2.03. The maximum absolute atomic E-state index is 5.63. The zero-order chi connectivity index (χ0) is 11.7. The van der Waals surface area contributed by atoms with Crippen LogP contribution < -0.4 is 5.73 Å². The van der Waals surface area contributed by atoms with E-state index in [0.29, 0.717) is 0 Å². The van der Waals surface area contributed by atoms with Crippen LogP contribution in [0.3, 0.4) is 0 Å². The van der Waals surface area contributed by atoms with E-state index in [9.17, 15) is 0 Å². The number of hydrogen-bond donors (Lipinski definition) is 1. The smallest absolute Gasteiger partial charge is 0.0642 e. The fraction of sp³-hybridized carbons (Fsp3) is 1.00. The van der Waals surface area contributed by atoms with E-state index in [4.69, 9.17) is 10.5 Å². The van der Waals surface area contributed by atoms with Crippen LogP contribution in [0.4, 0.5) is 0 Å². The predicted octanol–water partition coefficient (Wildman–Crippen LogP) is 1.86. The van der Waals surface area contributed by atoms with Gasteiger partial charge in [0.15, 0.2) is 0 Å². The second kappa shape index (κ2) is 8.08. The van der Waals surface area contributed by atoms with Crippen LogP contribution >= 0.6 is 0 Å². The summed E-state index contributed by atoms with van der Waals surface area (Å²) in [5, 5.41) is 0. The third-order valence-electron chi connectivity index (χ3n) is 2.65. The second-order valence-electron chi connectivity index (χ2n) is 4.31. The Labute approximate surface area is 95.0 Å². The largest absolute Gasteiger partial charge is 0.383 e. The molecule has 0 unspecified atom stereocenters. The number of ether oxygens (including phenoxy) is 1. The van der Waals surface area contributed by atoms with E-state index in [0.717, 1.165) is 19.4 Å². The van der Waals surface area contributed by atoms with Gasteiger partial charge in [0.2, 0.25) is 0 Å². The molecule has 0 radical (unpaired) electrons. The maximum atomic E-state index is 5.63. The molecule has 1 aliphatic heterocycles. The Kier molecular flexibility index (Phi) is 8.02. The number of nitrogens with zero attached hydrogens (tertiary/aromatic N) is 1. The molecule has 3 heteroatoms. The lowest BCUT2D eigenvalue weighted by molar-refractivity contribution is 0.173. The minimum absolute atomic E-state index is 0.0781. The van der Waals surface area contributed by atoms with E-state index >= 15 is 0 Å². The summed E-state index contributed by atoms with van der Waals surface area (Å²) in [5.41, 5.74) is 5.71. The van der Waals surface area contributed by atoms with Gasteiger partial charge in [-0.15, -0.1) is 0 Å². The summed E-state index contributed by atoms with van der Waals surface area (Å²) in [5.74, 6) is 0. The lowest BCUT2D eigenvalue weighted by atomic mass is 10.3. The minimum atomic E-state index is 0.0781. The summed E-state index contributed by atoms with van der Waals surface area (Å²) in [6.45, 7) is 7.37. The molecule has 0 aromatic carbocycles. The first kappa shape index (κ1) is 14.9. The molecule has 2 N–H and O–H groups in total. The number of methoxy groups -OCH3 is 1. The zero-order valence-corrected chi connectivity index (χ0v) is 10.9. The summed E-state index contributed by atoms with van der Waals surface area (Å²) in [4.78, 5) is 2.36. The van der Waals surface area contributed by atoms with Crippen LogP contribution in [0.2, 0.25) is 0 Å². The Morgan fingerprint density at radius 2 is 1.67 bits per heavy atom. The van der Waals surface area contributed by atoms with E-state index in [1.54, 1.807) is 7.11 Å². The SMILES string of the molecule is CC.CN1CCCC1.COCC1(N)CC1. The van der Waals surface area contributed by atoms with Crippen LogP contribution in [-0.4, -0.2) is 44.3 Å². The van der Waals surface area contributed by atoms with Crippen LogP contribution in [0.1, 0.15) is 39.5 Å². The summed E-state index contributed by atoms with van der Waals surface area (Å²) in [6.07, 6.45) is 5.11. The Morgan fingerprint density at radius 3 is 1.80 bits per heavy atom. The molecule has 0 aromatic heterocycles. The summed E-state index contributed by atoms with van der Waals surface area (Å²) >= 11 is 0. The molecule has 3 nitrogen and oxygen atoms in total. The summed E-state index contributed by atoms with van der Waals surface area (Å²) < 4.78 is 4.84. The highest BCUT2D eigenvalue weighted by Gasteiger charge is 2.37. The van der Waals surface area contributed by atoms with Crippen molar-refractivity contribution in [3.8, 4) is 0 Å². The van der Waals surface area contributed by atoms with Gasteiger partial charge in [0.25, 0.3) is 0 Å². The molecule has 2 aliphatic rings. The van der Waals surface area contributed by atoms with Crippen molar-refractivity contribution in [3.63, 3.8) is 0 Å². The van der Waals surface area contributed by atoms with Gasteiger partial charge < -0.3 is 15.4 Å². The topological polar surface area (TPSA) is 38.5 Å². The Balaban J connectivity index is 0.000000227. The molecular weight excluding hydrogens is 188 g/mol. The normalized spacial score (nSPS) is 22.2. The first-order valence-corrected chi connectivity index (χ1v) is 6.13. The van der Waals surface area contributed by atoms with Crippen LogP contribution in [0.25, 0.3) is 0 Å². The van der Waals surface area contributed by atoms with Gasteiger partial charge >= 0.3 is 0 Å². The van der Waals surface area contributed by atoms with Gasteiger partial charge in [-0.05, 0) is 45.8 Å². The van der Waals surface area contributed by atoms with Crippen LogP contribution in [0, 0.1) is 0 Å². The molecule has 2 fully saturated rings. The fourth-order valence-electron chi connectivity index (χ4n) is 1.47. The molecule has 0 amide bonds. The van der Waals surface area contributed by atoms with Crippen LogP contribution in [0.15, 0.2) is 0 Å². The molecule has 1 saturated heterocycles. The van der Waals surface area contributed by atoms with Crippen molar-refractivity contribution in [2.75, 3.05) is 33.9 Å². The second-order valence-corrected chi connectivity index (χ2v) is 4.31. The molecule has 1 aliphatic carbocycles. The van der Waals surface area contributed by atoms with E-state index in [1.807, 2.05) is 13.8 Å². The number of hydrogen-bond acceptors (Lipinski definition) is 3. The number of nitrogens with two attached hydrogens (primary N) is 1. The molecule has 1 heterocycles. The van der Waals surface area contributed by atoms with Crippen molar-refractivity contribution in [3.05, 3.63) is 0 Å². The number of rotatable bonds is 2. The predicted molar refractivity (Wildman–Crippen MR) is 66.1 cm³/mol. The lowest BCUT2D eigenvalue weighted by Crippen LogP contribution is -2.27.